The maximum atomic E-state index is 12.4. The molecule has 1 amide bonds. The van der Waals surface area contributed by atoms with Gasteiger partial charge in [0.05, 0.1) is 0 Å². The lowest BCUT2D eigenvalue weighted by Gasteiger charge is -2.22. The molecule has 1 fully saturated rings. The van der Waals surface area contributed by atoms with Crippen LogP contribution in [0.15, 0.2) is 29.3 Å². The number of rotatable bonds is 3. The fourth-order valence-corrected chi connectivity index (χ4v) is 2.96. The van der Waals surface area contributed by atoms with E-state index in [1.165, 1.54) is 19.3 Å². The monoisotopic (exact) mass is 349 g/mol. The molecular formula is C14H16BrN5O. The zero-order valence-corrected chi connectivity index (χ0v) is 13.1. The minimum atomic E-state index is -0.135. The maximum absolute atomic E-state index is 12.4. The molecule has 0 aliphatic heterocycles. The number of nitrogens with zero attached hydrogens (tertiary/aromatic N) is 4. The van der Waals surface area contributed by atoms with Gasteiger partial charge in [-0.2, -0.15) is 0 Å². The Kier molecular flexibility index (Phi) is 4.28. The summed E-state index contributed by atoms with van der Waals surface area (Å²) < 4.78 is 2.36. The molecule has 1 N–H and O–H groups in total. The van der Waals surface area contributed by atoms with Crippen LogP contribution in [0.25, 0.3) is 5.82 Å². The lowest BCUT2D eigenvalue weighted by Crippen LogP contribution is -2.36. The van der Waals surface area contributed by atoms with Crippen molar-refractivity contribution < 1.29 is 4.79 Å². The molecule has 7 heteroatoms. The Bertz CT molecular complexity index is 622. The number of nitrogens with one attached hydrogen (secondary N) is 1. The summed E-state index contributed by atoms with van der Waals surface area (Å²) in [7, 11) is 0. The number of amides is 1. The van der Waals surface area contributed by atoms with Crippen LogP contribution in [0.1, 0.15) is 42.6 Å². The van der Waals surface area contributed by atoms with Crippen LogP contribution in [0.3, 0.4) is 0 Å². The summed E-state index contributed by atoms with van der Waals surface area (Å²) in [6.07, 6.45) is 8.83. The van der Waals surface area contributed by atoms with Crippen LogP contribution >= 0.6 is 15.9 Å². The highest BCUT2D eigenvalue weighted by Crippen LogP contribution is 2.20. The van der Waals surface area contributed by atoms with Gasteiger partial charge >= 0.3 is 0 Å². The van der Waals surface area contributed by atoms with Crippen molar-refractivity contribution in [1.29, 1.82) is 0 Å². The average molecular weight is 350 g/mol. The van der Waals surface area contributed by atoms with Crippen molar-refractivity contribution in [3.8, 4) is 5.82 Å². The molecule has 1 aliphatic carbocycles. The van der Waals surface area contributed by atoms with Crippen molar-refractivity contribution in [2.75, 3.05) is 0 Å². The molecule has 2 aromatic heterocycles. The van der Waals surface area contributed by atoms with Crippen LogP contribution in [0.5, 0.6) is 0 Å². The van der Waals surface area contributed by atoms with E-state index in [2.05, 4.69) is 36.4 Å². The Morgan fingerprint density at radius 1 is 1.19 bits per heavy atom. The van der Waals surface area contributed by atoms with Gasteiger partial charge < -0.3 is 5.32 Å². The van der Waals surface area contributed by atoms with Crippen LogP contribution in [0, 0.1) is 0 Å². The van der Waals surface area contributed by atoms with E-state index in [4.69, 9.17) is 0 Å². The summed E-state index contributed by atoms with van der Waals surface area (Å²) >= 11 is 3.40. The van der Waals surface area contributed by atoms with Crippen molar-refractivity contribution in [2.45, 2.75) is 38.1 Å². The molecule has 6 nitrogen and oxygen atoms in total. The number of carbonyl (C=O) groups is 1. The summed E-state index contributed by atoms with van der Waals surface area (Å²) in [4.78, 5) is 16.8. The number of pyridine rings is 1. The quantitative estimate of drug-likeness (QED) is 0.923. The third-order valence-electron chi connectivity index (χ3n) is 3.67. The summed E-state index contributed by atoms with van der Waals surface area (Å²) in [6.45, 7) is 0. The Morgan fingerprint density at radius 2 is 1.90 bits per heavy atom. The summed E-state index contributed by atoms with van der Waals surface area (Å²) in [5.41, 5.74) is 0.395. The van der Waals surface area contributed by atoms with Crippen molar-refractivity contribution in [1.82, 2.24) is 25.1 Å². The van der Waals surface area contributed by atoms with Gasteiger partial charge in [-0.05, 0) is 40.9 Å². The molecule has 0 bridgehead atoms. The van der Waals surface area contributed by atoms with Crippen molar-refractivity contribution in [3.05, 3.63) is 35.0 Å². The molecule has 2 aromatic rings. The van der Waals surface area contributed by atoms with E-state index in [0.29, 0.717) is 16.0 Å². The third kappa shape index (κ3) is 3.29. The van der Waals surface area contributed by atoms with E-state index in [-0.39, 0.29) is 11.9 Å². The minimum Gasteiger partial charge on any atom is -0.348 e. The lowest BCUT2D eigenvalue weighted by molar-refractivity contribution is 0.0921. The first-order chi connectivity index (χ1) is 10.2. The molecule has 21 heavy (non-hydrogen) atoms. The highest BCUT2D eigenvalue weighted by Gasteiger charge is 2.19. The first-order valence-corrected chi connectivity index (χ1v) is 7.86. The topological polar surface area (TPSA) is 72.7 Å². The molecular weight excluding hydrogens is 334 g/mol. The molecule has 1 aliphatic rings. The zero-order chi connectivity index (χ0) is 14.7. The smallest absolute Gasteiger partial charge is 0.271 e. The minimum absolute atomic E-state index is 0.135. The third-order valence-corrected chi connectivity index (χ3v) is 4.31. The average Bonchev–Trinajstić information content (AvgIpc) is 3.03. The van der Waals surface area contributed by atoms with E-state index in [1.807, 2.05) is 12.1 Å². The van der Waals surface area contributed by atoms with Crippen LogP contribution < -0.4 is 5.32 Å². The molecule has 0 aromatic carbocycles. The molecule has 0 unspecified atom stereocenters. The molecule has 1 saturated carbocycles. The molecule has 0 atom stereocenters. The van der Waals surface area contributed by atoms with E-state index in [1.54, 1.807) is 17.2 Å². The maximum Gasteiger partial charge on any atom is 0.271 e. The fraction of sp³-hybridized carbons (Fsp3) is 0.429. The van der Waals surface area contributed by atoms with Gasteiger partial charge in [-0.15, -0.1) is 10.2 Å². The molecule has 0 radical (unpaired) electrons. The van der Waals surface area contributed by atoms with Gasteiger partial charge in [0.15, 0.2) is 0 Å². The predicted molar refractivity (Wildman–Crippen MR) is 81.2 cm³/mol. The van der Waals surface area contributed by atoms with Crippen molar-refractivity contribution in [3.63, 3.8) is 0 Å². The second-order valence-electron chi connectivity index (χ2n) is 5.18. The number of halogens is 1. The highest BCUT2D eigenvalue weighted by atomic mass is 79.9. The zero-order valence-electron chi connectivity index (χ0n) is 11.5. The second kappa shape index (κ2) is 6.34. The summed E-state index contributed by atoms with van der Waals surface area (Å²) in [6, 6.07) is 3.89. The normalized spacial score (nSPS) is 15.9. The number of hydrogen-bond acceptors (Lipinski definition) is 4. The van der Waals surface area contributed by atoms with Crippen LogP contribution in [0.2, 0.25) is 0 Å². The first-order valence-electron chi connectivity index (χ1n) is 7.06. The Hall–Kier alpha value is -1.76. The van der Waals surface area contributed by atoms with E-state index in [0.717, 1.165) is 12.8 Å². The fourth-order valence-electron chi connectivity index (χ4n) is 2.55. The molecule has 0 spiro atoms. The van der Waals surface area contributed by atoms with Crippen molar-refractivity contribution in [2.24, 2.45) is 0 Å². The summed E-state index contributed by atoms with van der Waals surface area (Å²) in [5, 5.41) is 10.6. The van der Waals surface area contributed by atoms with Gasteiger partial charge in [0.2, 0.25) is 0 Å². The van der Waals surface area contributed by atoms with Gasteiger partial charge in [0.25, 0.3) is 5.91 Å². The van der Waals surface area contributed by atoms with Crippen LogP contribution in [0.4, 0.5) is 0 Å². The number of carbonyl (C=O) groups excluding carboxylic acids is 1. The molecule has 110 valence electrons. The number of hydrogen-bond donors (Lipinski definition) is 1. The Balaban J connectivity index is 1.80. The molecule has 3 rings (SSSR count). The van der Waals surface area contributed by atoms with E-state index in [9.17, 15) is 4.79 Å². The standard InChI is InChI=1S/C14H16BrN5O/c15-11-6-7-12(20-8-16-17-9-20)19-13(11)14(21)18-10-4-2-1-3-5-10/h6-10H,1-5H2,(H,18,21). The highest BCUT2D eigenvalue weighted by molar-refractivity contribution is 9.10. The van der Waals surface area contributed by atoms with Gasteiger partial charge in [0, 0.05) is 10.5 Å². The molecule has 0 saturated heterocycles. The van der Waals surface area contributed by atoms with Crippen LogP contribution in [-0.2, 0) is 0 Å². The van der Waals surface area contributed by atoms with Gasteiger partial charge in [-0.1, -0.05) is 19.3 Å². The Morgan fingerprint density at radius 3 is 2.62 bits per heavy atom. The summed E-state index contributed by atoms with van der Waals surface area (Å²) in [5.74, 6) is 0.487. The van der Waals surface area contributed by atoms with Gasteiger partial charge in [-0.25, -0.2) is 4.98 Å². The lowest BCUT2D eigenvalue weighted by atomic mass is 9.95. The predicted octanol–water partition coefficient (Wildman–Crippen LogP) is 2.49. The van der Waals surface area contributed by atoms with Crippen LogP contribution in [-0.4, -0.2) is 31.7 Å². The van der Waals surface area contributed by atoms with E-state index < -0.39 is 0 Å². The van der Waals surface area contributed by atoms with Gasteiger partial charge in [-0.3, -0.25) is 9.36 Å². The number of aromatic nitrogens is 4. The Labute approximate surface area is 131 Å². The van der Waals surface area contributed by atoms with E-state index >= 15 is 0 Å². The largest absolute Gasteiger partial charge is 0.348 e. The SMILES string of the molecule is O=C(NC1CCCCC1)c1nc(-n2cnnc2)ccc1Br. The first kappa shape index (κ1) is 14.2. The van der Waals surface area contributed by atoms with Gasteiger partial charge in [0.1, 0.15) is 24.2 Å². The second-order valence-corrected chi connectivity index (χ2v) is 6.03. The molecule has 2 heterocycles. The van der Waals surface area contributed by atoms with Crippen molar-refractivity contribution >= 4 is 21.8 Å².